The summed E-state index contributed by atoms with van der Waals surface area (Å²) in [6, 6.07) is 8.73. The summed E-state index contributed by atoms with van der Waals surface area (Å²) in [5, 5.41) is 3.19. The maximum Gasteiger partial charge on any atom is 0.275 e. The number of amides is 1. The second-order valence-corrected chi connectivity index (χ2v) is 5.59. The highest BCUT2D eigenvalue weighted by Gasteiger charge is 2.12. The molecule has 1 heterocycles. The van der Waals surface area contributed by atoms with E-state index < -0.39 is 0 Å². The fourth-order valence-electron chi connectivity index (χ4n) is 1.33. The lowest BCUT2D eigenvalue weighted by molar-refractivity contribution is 0.102. The van der Waals surface area contributed by atoms with Crippen molar-refractivity contribution in [3.05, 3.63) is 56.2 Å². The first-order valence-electron chi connectivity index (χ1n) is 4.95. The van der Waals surface area contributed by atoms with E-state index in [1.54, 1.807) is 36.5 Å². The molecule has 0 radical (unpaired) electrons. The van der Waals surface area contributed by atoms with E-state index in [-0.39, 0.29) is 5.91 Å². The summed E-state index contributed by atoms with van der Waals surface area (Å²) in [5.74, 6) is -0.317. The van der Waals surface area contributed by atoms with E-state index in [1.165, 1.54) is 0 Å². The van der Waals surface area contributed by atoms with Crippen LogP contribution < -0.4 is 5.32 Å². The fourth-order valence-corrected chi connectivity index (χ4v) is 2.29. The standard InChI is InChI=1S/C12H7Br2ClN2O/c13-7-3-4-9(15)10(6-7)17-12(18)11-8(14)2-1-5-16-11/h1-6H,(H,17,18). The minimum atomic E-state index is -0.317. The van der Waals surface area contributed by atoms with Crippen LogP contribution in [0.1, 0.15) is 10.5 Å². The van der Waals surface area contributed by atoms with Gasteiger partial charge in [0.05, 0.1) is 10.7 Å². The summed E-state index contributed by atoms with van der Waals surface area (Å²) in [7, 11) is 0. The number of nitrogens with one attached hydrogen (secondary N) is 1. The molecular formula is C12H7Br2ClN2O. The van der Waals surface area contributed by atoms with Crippen LogP contribution in [-0.2, 0) is 0 Å². The van der Waals surface area contributed by atoms with Gasteiger partial charge in [0.25, 0.3) is 5.91 Å². The molecule has 0 atom stereocenters. The smallest absolute Gasteiger partial charge is 0.275 e. The molecule has 0 aliphatic carbocycles. The SMILES string of the molecule is O=C(Nc1cc(Br)ccc1Cl)c1ncccc1Br. The average Bonchev–Trinajstić information content (AvgIpc) is 2.34. The number of nitrogens with zero attached hydrogens (tertiary/aromatic N) is 1. The van der Waals surface area contributed by atoms with E-state index in [2.05, 4.69) is 42.2 Å². The Morgan fingerprint density at radius 3 is 2.78 bits per heavy atom. The summed E-state index contributed by atoms with van der Waals surface area (Å²) in [6.45, 7) is 0. The number of aromatic nitrogens is 1. The maximum atomic E-state index is 12.0. The monoisotopic (exact) mass is 388 g/mol. The molecule has 0 bridgehead atoms. The molecule has 1 aromatic carbocycles. The van der Waals surface area contributed by atoms with Crippen molar-refractivity contribution < 1.29 is 4.79 Å². The van der Waals surface area contributed by atoms with Crippen molar-refractivity contribution in [1.29, 1.82) is 0 Å². The second-order valence-electron chi connectivity index (χ2n) is 3.41. The highest BCUT2D eigenvalue weighted by atomic mass is 79.9. The van der Waals surface area contributed by atoms with Crippen molar-refractivity contribution in [2.45, 2.75) is 0 Å². The molecule has 1 aromatic heterocycles. The molecule has 6 heteroatoms. The molecule has 0 unspecified atom stereocenters. The van der Waals surface area contributed by atoms with Gasteiger partial charge >= 0.3 is 0 Å². The van der Waals surface area contributed by atoms with Gasteiger partial charge in [-0.25, -0.2) is 4.98 Å². The Balaban J connectivity index is 2.27. The van der Waals surface area contributed by atoms with Crippen LogP contribution in [0.3, 0.4) is 0 Å². The molecule has 0 aliphatic heterocycles. The van der Waals surface area contributed by atoms with E-state index in [0.29, 0.717) is 20.9 Å². The fraction of sp³-hybridized carbons (Fsp3) is 0. The number of carbonyl (C=O) groups excluding carboxylic acids is 1. The molecule has 0 spiro atoms. The van der Waals surface area contributed by atoms with Gasteiger partial charge in [0.15, 0.2) is 0 Å². The van der Waals surface area contributed by atoms with Crippen LogP contribution >= 0.6 is 43.5 Å². The lowest BCUT2D eigenvalue weighted by Crippen LogP contribution is -2.14. The topological polar surface area (TPSA) is 42.0 Å². The molecule has 0 saturated heterocycles. The maximum absolute atomic E-state index is 12.0. The summed E-state index contributed by atoms with van der Waals surface area (Å²) in [5.41, 5.74) is 0.849. The Morgan fingerprint density at radius 1 is 1.28 bits per heavy atom. The van der Waals surface area contributed by atoms with Gasteiger partial charge in [0.1, 0.15) is 5.69 Å². The lowest BCUT2D eigenvalue weighted by Gasteiger charge is -2.08. The minimum Gasteiger partial charge on any atom is -0.319 e. The van der Waals surface area contributed by atoms with E-state index in [0.717, 1.165) is 4.47 Å². The zero-order chi connectivity index (χ0) is 13.1. The van der Waals surface area contributed by atoms with Crippen molar-refractivity contribution >= 4 is 55.1 Å². The first kappa shape index (κ1) is 13.5. The van der Waals surface area contributed by atoms with E-state index in [4.69, 9.17) is 11.6 Å². The minimum absolute atomic E-state index is 0.313. The predicted octanol–water partition coefficient (Wildman–Crippen LogP) is 4.51. The van der Waals surface area contributed by atoms with Crippen molar-refractivity contribution in [3.63, 3.8) is 0 Å². The highest BCUT2D eigenvalue weighted by molar-refractivity contribution is 9.10. The molecular weight excluding hydrogens is 383 g/mol. The summed E-state index contributed by atoms with van der Waals surface area (Å²) < 4.78 is 1.47. The van der Waals surface area contributed by atoms with Gasteiger partial charge < -0.3 is 5.32 Å². The molecule has 0 saturated carbocycles. The number of pyridine rings is 1. The first-order valence-corrected chi connectivity index (χ1v) is 6.91. The normalized spacial score (nSPS) is 10.2. The van der Waals surface area contributed by atoms with Crippen LogP contribution in [0.4, 0.5) is 5.69 Å². The van der Waals surface area contributed by atoms with Gasteiger partial charge in [-0.2, -0.15) is 0 Å². The van der Waals surface area contributed by atoms with Gasteiger partial charge in [-0.15, -0.1) is 0 Å². The number of anilines is 1. The molecule has 0 fully saturated rings. The highest BCUT2D eigenvalue weighted by Crippen LogP contribution is 2.26. The van der Waals surface area contributed by atoms with Gasteiger partial charge in [-0.3, -0.25) is 4.79 Å². The Kier molecular flexibility index (Phi) is 4.37. The summed E-state index contributed by atoms with van der Waals surface area (Å²) in [6.07, 6.45) is 1.56. The molecule has 1 N–H and O–H groups in total. The van der Waals surface area contributed by atoms with Crippen LogP contribution in [-0.4, -0.2) is 10.9 Å². The summed E-state index contributed by atoms with van der Waals surface area (Å²) in [4.78, 5) is 16.0. The predicted molar refractivity (Wildman–Crippen MR) is 79.0 cm³/mol. The molecule has 0 aliphatic rings. The number of halogens is 3. The number of carbonyl (C=O) groups is 1. The van der Waals surface area contributed by atoms with Crippen molar-refractivity contribution in [2.24, 2.45) is 0 Å². The van der Waals surface area contributed by atoms with Gasteiger partial charge in [0.2, 0.25) is 0 Å². The average molecular weight is 390 g/mol. The number of benzene rings is 1. The lowest BCUT2D eigenvalue weighted by atomic mass is 10.3. The van der Waals surface area contributed by atoms with E-state index >= 15 is 0 Å². The van der Waals surface area contributed by atoms with Crippen molar-refractivity contribution in [2.75, 3.05) is 5.32 Å². The Morgan fingerprint density at radius 2 is 2.06 bits per heavy atom. The van der Waals surface area contributed by atoms with Gasteiger partial charge in [-0.05, 0) is 46.3 Å². The zero-order valence-electron chi connectivity index (χ0n) is 8.95. The van der Waals surface area contributed by atoms with Crippen LogP contribution in [0, 0.1) is 0 Å². The largest absolute Gasteiger partial charge is 0.319 e. The van der Waals surface area contributed by atoms with Crippen LogP contribution in [0.25, 0.3) is 0 Å². The quantitative estimate of drug-likeness (QED) is 0.820. The van der Waals surface area contributed by atoms with E-state index in [9.17, 15) is 4.79 Å². The third-order valence-electron chi connectivity index (χ3n) is 2.15. The van der Waals surface area contributed by atoms with Crippen molar-refractivity contribution in [3.8, 4) is 0 Å². The molecule has 18 heavy (non-hydrogen) atoms. The zero-order valence-corrected chi connectivity index (χ0v) is 12.9. The Labute approximate surface area is 126 Å². The molecule has 1 amide bonds. The second kappa shape index (κ2) is 5.82. The third-order valence-corrected chi connectivity index (χ3v) is 3.61. The number of rotatable bonds is 2. The summed E-state index contributed by atoms with van der Waals surface area (Å²) >= 11 is 12.6. The third kappa shape index (κ3) is 3.10. The van der Waals surface area contributed by atoms with Crippen LogP contribution in [0.2, 0.25) is 5.02 Å². The van der Waals surface area contributed by atoms with Gasteiger partial charge in [0, 0.05) is 15.1 Å². The molecule has 92 valence electrons. The Bertz CT molecular complexity index is 604. The number of hydrogen-bond acceptors (Lipinski definition) is 2. The Hall–Kier alpha value is -0.910. The van der Waals surface area contributed by atoms with E-state index in [1.807, 2.05) is 0 Å². The van der Waals surface area contributed by atoms with Gasteiger partial charge in [-0.1, -0.05) is 27.5 Å². The first-order chi connectivity index (χ1) is 8.58. The van der Waals surface area contributed by atoms with Crippen molar-refractivity contribution in [1.82, 2.24) is 4.98 Å². The number of hydrogen-bond donors (Lipinski definition) is 1. The van der Waals surface area contributed by atoms with Crippen LogP contribution in [0.15, 0.2) is 45.5 Å². The molecule has 2 rings (SSSR count). The van der Waals surface area contributed by atoms with Crippen LogP contribution in [0.5, 0.6) is 0 Å². The molecule has 2 aromatic rings. The molecule has 3 nitrogen and oxygen atoms in total.